The molecule has 0 bridgehead atoms. The smallest absolute Gasteiger partial charge is 0.242 e. The Hall–Kier alpha value is -1.24. The van der Waals surface area contributed by atoms with Crippen LogP contribution in [-0.4, -0.2) is 18.5 Å². The van der Waals surface area contributed by atoms with Crippen LogP contribution >= 0.6 is 0 Å². The van der Waals surface area contributed by atoms with E-state index in [0.29, 0.717) is 12.5 Å². The minimum Gasteiger partial charge on any atom is -0.354 e. The van der Waals surface area contributed by atoms with Crippen LogP contribution in [0.15, 0.2) is 0 Å². The predicted octanol–water partition coefficient (Wildman–Crippen LogP) is 0.218. The summed E-state index contributed by atoms with van der Waals surface area (Å²) >= 11 is 0. The summed E-state index contributed by atoms with van der Waals surface area (Å²) in [5.41, 5.74) is 0. The lowest BCUT2D eigenvalue weighted by molar-refractivity contribution is -0.122. The largest absolute Gasteiger partial charge is 0.354 e. The standard InChI is InChI=1S/C8H15N3O/c1-6(2)4-10-8(12)7(3)11-5-9/h6-7,11H,4H2,1-3H3,(H,10,12). The van der Waals surface area contributed by atoms with Crippen molar-refractivity contribution in [3.05, 3.63) is 0 Å². The summed E-state index contributed by atoms with van der Waals surface area (Å²) in [6, 6.07) is -0.436. The number of amides is 1. The van der Waals surface area contributed by atoms with E-state index in [0.717, 1.165) is 0 Å². The van der Waals surface area contributed by atoms with Crippen molar-refractivity contribution in [2.75, 3.05) is 6.54 Å². The number of rotatable bonds is 4. The third-order valence-corrected chi connectivity index (χ3v) is 1.36. The molecule has 1 unspecified atom stereocenters. The lowest BCUT2D eigenvalue weighted by Gasteiger charge is -2.11. The number of nitrogens with one attached hydrogen (secondary N) is 2. The molecule has 4 heteroatoms. The van der Waals surface area contributed by atoms with E-state index in [1.165, 1.54) is 0 Å². The Morgan fingerprint density at radius 2 is 2.08 bits per heavy atom. The van der Waals surface area contributed by atoms with E-state index in [9.17, 15) is 4.79 Å². The van der Waals surface area contributed by atoms with Gasteiger partial charge in [-0.05, 0) is 12.8 Å². The van der Waals surface area contributed by atoms with E-state index in [2.05, 4.69) is 10.6 Å². The van der Waals surface area contributed by atoms with E-state index in [-0.39, 0.29) is 5.91 Å². The van der Waals surface area contributed by atoms with Crippen LogP contribution in [0, 0.1) is 17.4 Å². The molecule has 4 nitrogen and oxygen atoms in total. The quantitative estimate of drug-likeness (QED) is 0.467. The summed E-state index contributed by atoms with van der Waals surface area (Å²) in [5, 5.41) is 13.3. The van der Waals surface area contributed by atoms with E-state index < -0.39 is 6.04 Å². The molecule has 0 aliphatic carbocycles. The van der Waals surface area contributed by atoms with Crippen LogP contribution < -0.4 is 10.6 Å². The number of hydrogen-bond acceptors (Lipinski definition) is 3. The Bertz CT molecular complexity index is 183. The van der Waals surface area contributed by atoms with Crippen molar-refractivity contribution < 1.29 is 4.79 Å². The first kappa shape index (κ1) is 10.8. The SMILES string of the molecule is CC(C)CNC(=O)C(C)NC#N. The Labute approximate surface area is 72.9 Å². The molecule has 0 aliphatic heterocycles. The zero-order chi connectivity index (χ0) is 9.56. The molecule has 0 aliphatic rings. The van der Waals surface area contributed by atoms with Gasteiger partial charge < -0.3 is 10.6 Å². The van der Waals surface area contributed by atoms with Crippen molar-refractivity contribution >= 4 is 5.91 Å². The minimum atomic E-state index is -0.436. The molecule has 0 heterocycles. The molecule has 0 fully saturated rings. The summed E-state index contributed by atoms with van der Waals surface area (Å²) in [7, 11) is 0. The lowest BCUT2D eigenvalue weighted by atomic mass is 10.2. The summed E-state index contributed by atoms with van der Waals surface area (Å²) in [6.07, 6.45) is 1.73. The van der Waals surface area contributed by atoms with Crippen LogP contribution in [0.3, 0.4) is 0 Å². The molecular weight excluding hydrogens is 154 g/mol. The molecule has 0 saturated heterocycles. The van der Waals surface area contributed by atoms with Gasteiger partial charge in [-0.25, -0.2) is 0 Å². The van der Waals surface area contributed by atoms with Gasteiger partial charge in [0.15, 0.2) is 6.19 Å². The first-order valence-corrected chi connectivity index (χ1v) is 4.00. The number of hydrogen-bond donors (Lipinski definition) is 2. The zero-order valence-electron chi connectivity index (χ0n) is 7.72. The molecule has 0 rings (SSSR count). The second-order valence-electron chi connectivity index (χ2n) is 3.12. The highest BCUT2D eigenvalue weighted by atomic mass is 16.2. The van der Waals surface area contributed by atoms with Gasteiger partial charge in [-0.2, -0.15) is 5.26 Å². The van der Waals surface area contributed by atoms with Gasteiger partial charge in [0.1, 0.15) is 6.04 Å². The summed E-state index contributed by atoms with van der Waals surface area (Å²) in [4.78, 5) is 11.1. The number of carbonyl (C=O) groups is 1. The molecule has 1 amide bonds. The van der Waals surface area contributed by atoms with Gasteiger partial charge in [0.05, 0.1) is 0 Å². The van der Waals surface area contributed by atoms with Gasteiger partial charge >= 0.3 is 0 Å². The van der Waals surface area contributed by atoms with Crippen molar-refractivity contribution in [1.29, 1.82) is 5.26 Å². The van der Waals surface area contributed by atoms with Gasteiger partial charge in [-0.1, -0.05) is 13.8 Å². The molecule has 0 radical (unpaired) electrons. The molecule has 0 spiro atoms. The van der Waals surface area contributed by atoms with Crippen molar-refractivity contribution in [3.63, 3.8) is 0 Å². The maximum absolute atomic E-state index is 11.1. The first-order chi connectivity index (χ1) is 5.57. The van der Waals surface area contributed by atoms with Crippen LogP contribution in [0.4, 0.5) is 0 Å². The highest BCUT2D eigenvalue weighted by molar-refractivity contribution is 5.81. The predicted molar refractivity (Wildman–Crippen MR) is 46.1 cm³/mol. The highest BCUT2D eigenvalue weighted by Crippen LogP contribution is 1.88. The van der Waals surface area contributed by atoms with Gasteiger partial charge in [-0.3, -0.25) is 4.79 Å². The Morgan fingerprint density at radius 1 is 1.50 bits per heavy atom. The highest BCUT2D eigenvalue weighted by Gasteiger charge is 2.10. The average molecular weight is 169 g/mol. The maximum atomic E-state index is 11.1. The topological polar surface area (TPSA) is 64.9 Å². The molecule has 0 aromatic rings. The third kappa shape index (κ3) is 4.56. The van der Waals surface area contributed by atoms with Gasteiger partial charge in [-0.15, -0.1) is 0 Å². The van der Waals surface area contributed by atoms with Gasteiger partial charge in [0.25, 0.3) is 0 Å². The van der Waals surface area contributed by atoms with Crippen molar-refractivity contribution in [2.45, 2.75) is 26.8 Å². The zero-order valence-corrected chi connectivity index (χ0v) is 7.72. The van der Waals surface area contributed by atoms with Crippen LogP contribution in [0.1, 0.15) is 20.8 Å². The average Bonchev–Trinajstić information content (AvgIpc) is 2.00. The summed E-state index contributed by atoms with van der Waals surface area (Å²) in [6.45, 7) is 6.33. The van der Waals surface area contributed by atoms with Gasteiger partial charge in [0, 0.05) is 6.54 Å². The Morgan fingerprint density at radius 3 is 2.50 bits per heavy atom. The molecule has 0 aromatic heterocycles. The lowest BCUT2D eigenvalue weighted by Crippen LogP contribution is -2.41. The fourth-order valence-corrected chi connectivity index (χ4v) is 0.620. The number of nitrogens with zero attached hydrogens (tertiary/aromatic N) is 1. The van der Waals surface area contributed by atoms with Crippen molar-refractivity contribution in [2.24, 2.45) is 5.92 Å². The second-order valence-corrected chi connectivity index (χ2v) is 3.12. The van der Waals surface area contributed by atoms with Crippen molar-refractivity contribution in [3.8, 4) is 6.19 Å². The van der Waals surface area contributed by atoms with E-state index in [4.69, 9.17) is 5.26 Å². The van der Waals surface area contributed by atoms with Crippen LogP contribution in [0.2, 0.25) is 0 Å². The molecule has 0 saturated carbocycles. The van der Waals surface area contributed by atoms with E-state index in [1.54, 1.807) is 13.1 Å². The molecule has 1 atom stereocenters. The van der Waals surface area contributed by atoms with E-state index >= 15 is 0 Å². The molecule has 68 valence electrons. The third-order valence-electron chi connectivity index (χ3n) is 1.36. The van der Waals surface area contributed by atoms with Crippen molar-refractivity contribution in [1.82, 2.24) is 10.6 Å². The Balaban J connectivity index is 3.66. The first-order valence-electron chi connectivity index (χ1n) is 4.00. The number of carbonyl (C=O) groups excluding carboxylic acids is 1. The van der Waals surface area contributed by atoms with E-state index in [1.807, 2.05) is 13.8 Å². The maximum Gasteiger partial charge on any atom is 0.242 e. The monoisotopic (exact) mass is 169 g/mol. The fraction of sp³-hybridized carbons (Fsp3) is 0.750. The minimum absolute atomic E-state index is 0.134. The second kappa shape index (κ2) is 5.42. The van der Waals surface area contributed by atoms with Gasteiger partial charge in [0.2, 0.25) is 5.91 Å². The molecule has 0 aromatic carbocycles. The Kier molecular flexibility index (Phi) is 4.86. The summed E-state index contributed by atoms with van der Waals surface area (Å²) in [5.74, 6) is 0.300. The van der Waals surface area contributed by atoms with Crippen LogP contribution in [0.5, 0.6) is 0 Å². The van der Waals surface area contributed by atoms with Crippen LogP contribution in [0.25, 0.3) is 0 Å². The molecule has 12 heavy (non-hydrogen) atoms. The number of nitriles is 1. The normalized spacial score (nSPS) is 11.9. The molecular formula is C8H15N3O. The van der Waals surface area contributed by atoms with Crippen LogP contribution in [-0.2, 0) is 4.79 Å². The summed E-state index contributed by atoms with van der Waals surface area (Å²) < 4.78 is 0. The molecule has 2 N–H and O–H groups in total. The fourth-order valence-electron chi connectivity index (χ4n) is 0.620.